The predicted octanol–water partition coefficient (Wildman–Crippen LogP) is 2.19. The van der Waals surface area contributed by atoms with E-state index in [1.165, 1.54) is 6.92 Å². The van der Waals surface area contributed by atoms with E-state index in [-0.39, 0.29) is 11.7 Å². The van der Waals surface area contributed by atoms with E-state index in [4.69, 9.17) is 5.73 Å². The highest BCUT2D eigenvalue weighted by Gasteiger charge is 2.16. The molecule has 21 heavy (non-hydrogen) atoms. The van der Waals surface area contributed by atoms with Crippen LogP contribution in [0.1, 0.15) is 42.6 Å². The van der Waals surface area contributed by atoms with Crippen molar-refractivity contribution in [3.8, 4) is 0 Å². The number of ketones is 1. The van der Waals surface area contributed by atoms with Crippen LogP contribution in [-0.2, 0) is 4.79 Å². The SMILES string of the molecule is CCCNC(=O)C1=Cc2ccc(C(C)=O)cc2N=C(N)C1. The minimum absolute atomic E-state index is 0.0271. The van der Waals surface area contributed by atoms with Crippen LogP contribution in [0.3, 0.4) is 0 Å². The summed E-state index contributed by atoms with van der Waals surface area (Å²) >= 11 is 0. The van der Waals surface area contributed by atoms with Crippen molar-refractivity contribution in [2.24, 2.45) is 10.7 Å². The summed E-state index contributed by atoms with van der Waals surface area (Å²) in [6.45, 7) is 4.13. The number of benzene rings is 1. The maximum absolute atomic E-state index is 12.1. The molecule has 1 aliphatic rings. The first kappa shape index (κ1) is 15.0. The lowest BCUT2D eigenvalue weighted by molar-refractivity contribution is -0.117. The Balaban J connectivity index is 2.39. The molecule has 0 saturated heterocycles. The highest BCUT2D eigenvalue weighted by Crippen LogP contribution is 2.27. The van der Waals surface area contributed by atoms with Gasteiger partial charge in [0.2, 0.25) is 5.91 Å². The second-order valence-electron chi connectivity index (χ2n) is 5.04. The third-order valence-electron chi connectivity index (χ3n) is 3.23. The average molecular weight is 285 g/mol. The maximum atomic E-state index is 12.1. The van der Waals surface area contributed by atoms with Crippen molar-refractivity contribution in [2.45, 2.75) is 26.7 Å². The topological polar surface area (TPSA) is 84.5 Å². The lowest BCUT2D eigenvalue weighted by Gasteiger charge is -2.06. The normalized spacial score (nSPS) is 13.6. The van der Waals surface area contributed by atoms with Crippen LogP contribution in [-0.4, -0.2) is 24.1 Å². The van der Waals surface area contributed by atoms with Gasteiger partial charge in [-0.25, -0.2) is 4.99 Å². The standard InChI is InChI=1S/C16H19N3O2/c1-3-6-18-16(21)13-7-12-5-4-11(10(2)20)8-14(12)19-15(17)9-13/h4-5,7-8H,3,6,9H2,1-2H3,(H2,17,19)(H,18,21). The first-order valence-corrected chi connectivity index (χ1v) is 6.98. The first-order valence-electron chi connectivity index (χ1n) is 6.98. The van der Waals surface area contributed by atoms with Gasteiger partial charge in [-0.05, 0) is 25.5 Å². The van der Waals surface area contributed by atoms with Crippen molar-refractivity contribution in [1.29, 1.82) is 0 Å². The number of amides is 1. The summed E-state index contributed by atoms with van der Waals surface area (Å²) < 4.78 is 0. The fourth-order valence-corrected chi connectivity index (χ4v) is 2.11. The second kappa shape index (κ2) is 6.35. The number of nitrogens with one attached hydrogen (secondary N) is 1. The fourth-order valence-electron chi connectivity index (χ4n) is 2.11. The van der Waals surface area contributed by atoms with Gasteiger partial charge < -0.3 is 11.1 Å². The van der Waals surface area contributed by atoms with Crippen molar-refractivity contribution >= 4 is 29.3 Å². The molecule has 1 aliphatic heterocycles. The molecule has 0 bridgehead atoms. The monoisotopic (exact) mass is 285 g/mol. The van der Waals surface area contributed by atoms with E-state index in [0.717, 1.165) is 12.0 Å². The van der Waals surface area contributed by atoms with Crippen molar-refractivity contribution in [3.63, 3.8) is 0 Å². The lowest BCUT2D eigenvalue weighted by Crippen LogP contribution is -2.27. The summed E-state index contributed by atoms with van der Waals surface area (Å²) in [5.74, 6) is 0.214. The molecule has 0 unspecified atom stereocenters. The van der Waals surface area contributed by atoms with Gasteiger partial charge in [0.15, 0.2) is 5.78 Å². The predicted molar refractivity (Wildman–Crippen MR) is 83.6 cm³/mol. The van der Waals surface area contributed by atoms with Crippen LogP contribution in [0.25, 0.3) is 6.08 Å². The molecule has 1 amide bonds. The Morgan fingerprint density at radius 3 is 2.81 bits per heavy atom. The van der Waals surface area contributed by atoms with Gasteiger partial charge in [-0.1, -0.05) is 19.1 Å². The van der Waals surface area contributed by atoms with Crippen LogP contribution in [0.15, 0.2) is 28.8 Å². The highest BCUT2D eigenvalue weighted by atomic mass is 16.1. The molecule has 1 heterocycles. The van der Waals surface area contributed by atoms with Crippen LogP contribution in [0.2, 0.25) is 0 Å². The Morgan fingerprint density at radius 2 is 2.14 bits per heavy atom. The molecule has 0 atom stereocenters. The van der Waals surface area contributed by atoms with E-state index in [1.807, 2.05) is 6.92 Å². The van der Waals surface area contributed by atoms with Crippen LogP contribution in [0.5, 0.6) is 0 Å². The number of Topliss-reactive ketones (excluding diaryl/α,β-unsaturated/α-hetero) is 1. The van der Waals surface area contributed by atoms with E-state index in [0.29, 0.717) is 35.6 Å². The van der Waals surface area contributed by atoms with E-state index >= 15 is 0 Å². The summed E-state index contributed by atoms with van der Waals surface area (Å²) in [7, 11) is 0. The van der Waals surface area contributed by atoms with Gasteiger partial charge in [0.1, 0.15) is 5.84 Å². The quantitative estimate of drug-likeness (QED) is 0.832. The van der Waals surface area contributed by atoms with Gasteiger partial charge in [-0.15, -0.1) is 0 Å². The summed E-state index contributed by atoms with van der Waals surface area (Å²) in [5, 5.41) is 2.84. The van der Waals surface area contributed by atoms with Crippen LogP contribution >= 0.6 is 0 Å². The number of hydrogen-bond acceptors (Lipinski definition) is 4. The van der Waals surface area contributed by atoms with Gasteiger partial charge in [0.05, 0.1) is 5.69 Å². The summed E-state index contributed by atoms with van der Waals surface area (Å²) in [5.41, 5.74) is 8.46. The Kier molecular flexibility index (Phi) is 4.52. The van der Waals surface area contributed by atoms with E-state index in [2.05, 4.69) is 10.3 Å². The van der Waals surface area contributed by atoms with Gasteiger partial charge in [-0.3, -0.25) is 9.59 Å². The molecule has 5 heteroatoms. The average Bonchev–Trinajstić information content (AvgIpc) is 2.61. The minimum atomic E-state index is -0.126. The molecule has 0 fully saturated rings. The number of carbonyl (C=O) groups is 2. The third kappa shape index (κ3) is 3.56. The maximum Gasteiger partial charge on any atom is 0.247 e. The number of rotatable bonds is 4. The Labute approximate surface area is 123 Å². The molecule has 2 rings (SSSR count). The Morgan fingerprint density at radius 1 is 1.38 bits per heavy atom. The smallest absolute Gasteiger partial charge is 0.247 e. The number of fused-ring (bicyclic) bond motifs is 1. The largest absolute Gasteiger partial charge is 0.387 e. The first-order chi connectivity index (χ1) is 10.0. The number of aliphatic imine (C=N–C) groups is 1. The summed E-state index contributed by atoms with van der Waals surface area (Å²) in [6, 6.07) is 5.23. The van der Waals surface area contributed by atoms with Crippen LogP contribution in [0.4, 0.5) is 5.69 Å². The molecule has 0 saturated carbocycles. The number of amidine groups is 1. The molecular formula is C16H19N3O2. The molecule has 1 aromatic carbocycles. The highest BCUT2D eigenvalue weighted by molar-refractivity contribution is 6.06. The van der Waals surface area contributed by atoms with Gasteiger partial charge in [0.25, 0.3) is 0 Å². The summed E-state index contributed by atoms with van der Waals surface area (Å²) in [4.78, 5) is 27.8. The van der Waals surface area contributed by atoms with Gasteiger partial charge in [0, 0.05) is 29.7 Å². The van der Waals surface area contributed by atoms with E-state index in [1.54, 1.807) is 24.3 Å². The molecule has 3 N–H and O–H groups in total. The third-order valence-corrected chi connectivity index (χ3v) is 3.23. The van der Waals surface area contributed by atoms with E-state index < -0.39 is 0 Å². The van der Waals surface area contributed by atoms with Crippen molar-refractivity contribution < 1.29 is 9.59 Å². The zero-order valence-corrected chi connectivity index (χ0v) is 12.3. The number of hydrogen-bond donors (Lipinski definition) is 2. The molecule has 110 valence electrons. The number of carbonyl (C=O) groups excluding carboxylic acids is 2. The molecular weight excluding hydrogens is 266 g/mol. The van der Waals surface area contributed by atoms with Crippen molar-refractivity contribution in [1.82, 2.24) is 5.32 Å². The molecule has 0 radical (unpaired) electrons. The van der Waals surface area contributed by atoms with E-state index in [9.17, 15) is 9.59 Å². The zero-order chi connectivity index (χ0) is 15.4. The minimum Gasteiger partial charge on any atom is -0.387 e. The molecule has 1 aromatic rings. The number of nitrogens with two attached hydrogens (primary N) is 1. The zero-order valence-electron chi connectivity index (χ0n) is 12.3. The van der Waals surface area contributed by atoms with Crippen LogP contribution < -0.4 is 11.1 Å². The molecule has 0 spiro atoms. The fraction of sp³-hybridized carbons (Fsp3) is 0.312. The van der Waals surface area contributed by atoms with Crippen molar-refractivity contribution in [2.75, 3.05) is 6.54 Å². The Hall–Kier alpha value is -2.43. The summed E-state index contributed by atoms with van der Waals surface area (Å²) in [6.07, 6.45) is 2.97. The molecule has 5 nitrogen and oxygen atoms in total. The van der Waals surface area contributed by atoms with Gasteiger partial charge in [-0.2, -0.15) is 0 Å². The van der Waals surface area contributed by atoms with Crippen molar-refractivity contribution in [3.05, 3.63) is 34.9 Å². The second-order valence-corrected chi connectivity index (χ2v) is 5.04. The van der Waals surface area contributed by atoms with Gasteiger partial charge >= 0.3 is 0 Å². The molecule has 0 aromatic heterocycles. The Bertz CT molecular complexity index is 645. The van der Waals surface area contributed by atoms with Crippen LogP contribution in [0, 0.1) is 0 Å². The number of nitrogens with zero attached hydrogens (tertiary/aromatic N) is 1. The lowest BCUT2D eigenvalue weighted by atomic mass is 10.0. The molecule has 0 aliphatic carbocycles.